The summed E-state index contributed by atoms with van der Waals surface area (Å²) in [6, 6.07) is 21.3. The molecule has 9 heteroatoms. The Morgan fingerprint density at radius 1 is 1.05 bits per heavy atom. The summed E-state index contributed by atoms with van der Waals surface area (Å²) >= 11 is 7.88. The Bertz CT molecular complexity index is 1750. The van der Waals surface area contributed by atoms with E-state index in [9.17, 15) is 4.79 Å². The van der Waals surface area contributed by atoms with Gasteiger partial charge in [0.25, 0.3) is 5.91 Å². The van der Waals surface area contributed by atoms with Gasteiger partial charge in [0.2, 0.25) is 11.1 Å². The molecular formula is C30H27ClN6OS. The zero-order valence-electron chi connectivity index (χ0n) is 21.7. The topological polar surface area (TPSA) is 87.6 Å². The van der Waals surface area contributed by atoms with Gasteiger partial charge in [-0.2, -0.15) is 4.98 Å². The highest BCUT2D eigenvalue weighted by Gasteiger charge is 2.36. The second kappa shape index (κ2) is 10.3. The fraction of sp³-hybridized carbons (Fsp3) is 0.167. The molecule has 1 atom stereocenters. The lowest BCUT2D eigenvalue weighted by atomic mass is 9.94. The number of aryl methyl sites for hydroxylation is 1. The summed E-state index contributed by atoms with van der Waals surface area (Å²) in [5.41, 5.74) is 7.22. The van der Waals surface area contributed by atoms with Crippen molar-refractivity contribution in [3.63, 3.8) is 0 Å². The Labute approximate surface area is 235 Å². The fourth-order valence-electron chi connectivity index (χ4n) is 4.93. The highest BCUT2D eigenvalue weighted by Crippen LogP contribution is 2.40. The van der Waals surface area contributed by atoms with Crippen LogP contribution in [0.4, 0.5) is 11.6 Å². The van der Waals surface area contributed by atoms with Crippen molar-refractivity contribution in [2.75, 3.05) is 10.6 Å². The van der Waals surface area contributed by atoms with Crippen molar-refractivity contribution in [2.24, 2.45) is 0 Å². The molecule has 0 aliphatic carbocycles. The lowest BCUT2D eigenvalue weighted by Gasteiger charge is -2.28. The normalized spacial score (nSPS) is 14.8. The maximum atomic E-state index is 13.9. The van der Waals surface area contributed by atoms with Crippen LogP contribution in [-0.4, -0.2) is 25.7 Å². The summed E-state index contributed by atoms with van der Waals surface area (Å²) in [7, 11) is 0. The SMILES string of the molecule is CC1=C(C(=O)Nc2cccc(C)c2C)C(c2c[nH]c3ccccc23)n2nc(SCc3ccccc3Cl)nc2N1. The molecule has 0 saturated carbocycles. The zero-order valence-corrected chi connectivity index (χ0v) is 23.3. The van der Waals surface area contributed by atoms with Crippen molar-refractivity contribution >= 4 is 51.8 Å². The molecule has 1 aliphatic rings. The van der Waals surface area contributed by atoms with Gasteiger partial charge in [0.1, 0.15) is 6.04 Å². The first-order chi connectivity index (χ1) is 18.9. The highest BCUT2D eigenvalue weighted by atomic mass is 35.5. The molecule has 3 N–H and O–H groups in total. The highest BCUT2D eigenvalue weighted by molar-refractivity contribution is 7.98. The number of allylic oxidation sites excluding steroid dienone is 1. The molecule has 0 fully saturated rings. The number of H-pyrrole nitrogens is 1. The Morgan fingerprint density at radius 2 is 1.85 bits per heavy atom. The van der Waals surface area contributed by atoms with Crippen molar-refractivity contribution in [1.82, 2.24) is 19.7 Å². The van der Waals surface area contributed by atoms with E-state index < -0.39 is 6.04 Å². The van der Waals surface area contributed by atoms with Gasteiger partial charge in [-0.15, -0.1) is 5.10 Å². The van der Waals surface area contributed by atoms with Crippen LogP contribution in [0.15, 0.2) is 89.4 Å². The van der Waals surface area contributed by atoms with Gasteiger partial charge in [0.05, 0.1) is 5.57 Å². The number of nitrogens with one attached hydrogen (secondary N) is 3. The Kier molecular flexibility index (Phi) is 6.66. The second-order valence-electron chi connectivity index (χ2n) is 9.60. The van der Waals surface area contributed by atoms with Crippen LogP contribution in [0.1, 0.15) is 35.2 Å². The van der Waals surface area contributed by atoms with Crippen molar-refractivity contribution in [1.29, 1.82) is 0 Å². The number of benzene rings is 3. The lowest BCUT2D eigenvalue weighted by Crippen LogP contribution is -2.31. The third-order valence-corrected chi connectivity index (χ3v) is 8.42. The minimum Gasteiger partial charge on any atom is -0.361 e. The molecule has 3 aromatic carbocycles. The van der Waals surface area contributed by atoms with Crippen LogP contribution in [0.25, 0.3) is 10.9 Å². The number of carbonyl (C=O) groups excluding carboxylic acids is 1. The zero-order chi connectivity index (χ0) is 27.1. The Balaban J connectivity index is 1.41. The Hall–Kier alpha value is -4.01. The predicted molar refractivity (Wildman–Crippen MR) is 158 cm³/mol. The van der Waals surface area contributed by atoms with Crippen LogP contribution in [0, 0.1) is 13.8 Å². The summed E-state index contributed by atoms with van der Waals surface area (Å²) in [5.74, 6) is 1.04. The van der Waals surface area contributed by atoms with E-state index in [-0.39, 0.29) is 5.91 Å². The standard InChI is InChI=1S/C30H27ClN6OS/c1-17-9-8-14-24(18(17)2)34-28(38)26-19(3)33-29-35-30(39-16-20-10-4-6-12-23(20)31)36-37(29)27(26)22-15-32-25-13-7-5-11-21(22)25/h4-15,27,32H,16H2,1-3H3,(H,34,38)(H,33,35,36). The average molecular weight is 555 g/mol. The molecule has 0 saturated heterocycles. The minimum absolute atomic E-state index is 0.185. The van der Waals surface area contributed by atoms with Crippen LogP contribution < -0.4 is 10.6 Å². The third kappa shape index (κ3) is 4.70. The van der Waals surface area contributed by atoms with E-state index >= 15 is 0 Å². The van der Waals surface area contributed by atoms with Crippen LogP contribution in [0.5, 0.6) is 0 Å². The molecule has 3 heterocycles. The average Bonchev–Trinajstić information content (AvgIpc) is 3.54. The predicted octanol–water partition coefficient (Wildman–Crippen LogP) is 7.25. The number of aromatic nitrogens is 4. The number of aromatic amines is 1. The number of nitrogens with zero attached hydrogens (tertiary/aromatic N) is 3. The summed E-state index contributed by atoms with van der Waals surface area (Å²) in [4.78, 5) is 22.1. The number of anilines is 2. The molecule has 0 radical (unpaired) electrons. The number of hydrogen-bond acceptors (Lipinski definition) is 5. The molecule has 7 nitrogen and oxygen atoms in total. The van der Waals surface area contributed by atoms with Crippen molar-refractivity contribution in [2.45, 2.75) is 37.7 Å². The van der Waals surface area contributed by atoms with Gasteiger partial charge >= 0.3 is 0 Å². The van der Waals surface area contributed by atoms with Crippen molar-refractivity contribution < 1.29 is 4.79 Å². The van der Waals surface area contributed by atoms with Crippen LogP contribution in [-0.2, 0) is 10.5 Å². The van der Waals surface area contributed by atoms with Gasteiger partial charge in [0, 0.05) is 44.8 Å². The number of fused-ring (bicyclic) bond motifs is 2. The fourth-order valence-corrected chi connectivity index (χ4v) is 6.04. The number of para-hydroxylation sites is 1. The summed E-state index contributed by atoms with van der Waals surface area (Å²) in [5, 5.41) is 13.7. The first kappa shape index (κ1) is 25.3. The molecule has 6 rings (SSSR count). The summed E-state index contributed by atoms with van der Waals surface area (Å²) < 4.78 is 1.82. The molecule has 0 bridgehead atoms. The maximum absolute atomic E-state index is 13.9. The monoisotopic (exact) mass is 554 g/mol. The molecule has 5 aromatic rings. The number of hydrogen-bond donors (Lipinski definition) is 3. The van der Waals surface area contributed by atoms with Crippen LogP contribution >= 0.6 is 23.4 Å². The van der Waals surface area contributed by atoms with Crippen LogP contribution in [0.2, 0.25) is 5.02 Å². The van der Waals surface area contributed by atoms with Gasteiger partial charge in [-0.3, -0.25) is 4.79 Å². The van der Waals surface area contributed by atoms with Gasteiger partial charge in [0.15, 0.2) is 0 Å². The van der Waals surface area contributed by atoms with E-state index in [1.165, 1.54) is 11.8 Å². The minimum atomic E-state index is -0.482. The van der Waals surface area contributed by atoms with Crippen molar-refractivity contribution in [3.05, 3.63) is 111 Å². The second-order valence-corrected chi connectivity index (χ2v) is 10.9. The van der Waals surface area contributed by atoms with E-state index in [0.29, 0.717) is 27.5 Å². The quantitative estimate of drug-likeness (QED) is 0.192. The molecule has 196 valence electrons. The van der Waals surface area contributed by atoms with Gasteiger partial charge in [-0.05, 0) is 55.7 Å². The summed E-state index contributed by atoms with van der Waals surface area (Å²) in [6.07, 6.45) is 1.96. The van der Waals surface area contributed by atoms with Gasteiger partial charge < -0.3 is 15.6 Å². The number of rotatable bonds is 6. The van der Waals surface area contributed by atoms with E-state index in [1.807, 2.05) is 92.3 Å². The number of carbonyl (C=O) groups is 1. The molecule has 1 aliphatic heterocycles. The third-order valence-electron chi connectivity index (χ3n) is 7.16. The molecule has 39 heavy (non-hydrogen) atoms. The van der Waals surface area contributed by atoms with Crippen molar-refractivity contribution in [3.8, 4) is 0 Å². The molecular weight excluding hydrogens is 528 g/mol. The number of halogens is 1. The van der Waals surface area contributed by atoms with Crippen LogP contribution in [0.3, 0.4) is 0 Å². The molecule has 0 spiro atoms. The summed E-state index contributed by atoms with van der Waals surface area (Å²) in [6.45, 7) is 5.96. The molecule has 1 unspecified atom stereocenters. The van der Waals surface area contributed by atoms with Gasteiger partial charge in [-0.25, -0.2) is 4.68 Å². The number of amides is 1. The lowest BCUT2D eigenvalue weighted by molar-refractivity contribution is -0.113. The maximum Gasteiger partial charge on any atom is 0.255 e. The van der Waals surface area contributed by atoms with Gasteiger partial charge in [-0.1, -0.05) is 71.9 Å². The van der Waals surface area contributed by atoms with E-state index in [2.05, 4.69) is 21.7 Å². The molecule has 2 aromatic heterocycles. The molecule has 1 amide bonds. The smallest absolute Gasteiger partial charge is 0.255 e. The first-order valence-corrected chi connectivity index (χ1v) is 14.0. The largest absolute Gasteiger partial charge is 0.361 e. The van der Waals surface area contributed by atoms with E-state index in [4.69, 9.17) is 21.7 Å². The first-order valence-electron chi connectivity index (χ1n) is 12.6. The number of thioether (sulfide) groups is 1. The van der Waals surface area contributed by atoms with E-state index in [0.717, 1.165) is 44.5 Å². The van der Waals surface area contributed by atoms with E-state index in [1.54, 1.807) is 0 Å². The Morgan fingerprint density at radius 3 is 2.69 bits per heavy atom.